The second-order valence-corrected chi connectivity index (χ2v) is 9.45. The molecule has 2 fully saturated rings. The average molecular weight is 498 g/mol. The Bertz CT molecular complexity index is 1090. The first-order valence-corrected chi connectivity index (χ1v) is 12.6. The van der Waals surface area contributed by atoms with E-state index in [0.717, 1.165) is 31.5 Å². The minimum atomic E-state index is -0.417. The Morgan fingerprint density at radius 2 is 1.75 bits per heavy atom. The topological polar surface area (TPSA) is 93.0 Å². The van der Waals surface area contributed by atoms with Gasteiger partial charge in [-0.3, -0.25) is 19.7 Å². The molecular weight excluding hydrogens is 465 g/mol. The third kappa shape index (κ3) is 5.83. The van der Waals surface area contributed by atoms with Gasteiger partial charge in [0.05, 0.1) is 18.0 Å². The number of likely N-dealkylation sites (tertiary alicyclic amines) is 1. The molecule has 8 nitrogen and oxygen atoms in total. The van der Waals surface area contributed by atoms with Gasteiger partial charge in [0, 0.05) is 37.8 Å². The molecule has 2 heterocycles. The van der Waals surface area contributed by atoms with Gasteiger partial charge < -0.3 is 14.5 Å². The molecule has 1 atom stereocenters. The van der Waals surface area contributed by atoms with Crippen LogP contribution in [0.25, 0.3) is 0 Å². The lowest BCUT2D eigenvalue weighted by molar-refractivity contribution is -0.384. The third-order valence-electron chi connectivity index (χ3n) is 7.25. The molecule has 0 spiro atoms. The summed E-state index contributed by atoms with van der Waals surface area (Å²) >= 11 is 0. The molecule has 0 aromatic heterocycles. The van der Waals surface area contributed by atoms with Gasteiger partial charge in [0.2, 0.25) is 0 Å². The van der Waals surface area contributed by atoms with Crippen molar-refractivity contribution in [3.8, 4) is 0 Å². The Morgan fingerprint density at radius 3 is 2.36 bits per heavy atom. The monoisotopic (exact) mass is 497 g/mol. The summed E-state index contributed by atoms with van der Waals surface area (Å²) in [6.07, 6.45) is 3.54. The first kappa shape index (κ1) is 25.6. The van der Waals surface area contributed by atoms with Crippen molar-refractivity contribution in [3.05, 3.63) is 69.5 Å². The minimum Gasteiger partial charge on any atom is -0.466 e. The molecule has 9 heteroatoms. The molecule has 36 heavy (non-hydrogen) atoms. The van der Waals surface area contributed by atoms with Gasteiger partial charge in [-0.2, -0.15) is 0 Å². The minimum absolute atomic E-state index is 0.0385. The van der Waals surface area contributed by atoms with Crippen LogP contribution in [0.15, 0.2) is 42.5 Å². The number of hydrogen-bond donors (Lipinski definition) is 0. The summed E-state index contributed by atoms with van der Waals surface area (Å²) < 4.78 is 18.7. The van der Waals surface area contributed by atoms with Crippen molar-refractivity contribution in [1.82, 2.24) is 4.90 Å². The van der Waals surface area contributed by atoms with E-state index in [0.29, 0.717) is 43.8 Å². The number of esters is 1. The van der Waals surface area contributed by atoms with Crippen molar-refractivity contribution in [1.29, 1.82) is 0 Å². The maximum absolute atomic E-state index is 13.5. The van der Waals surface area contributed by atoms with Gasteiger partial charge in [-0.15, -0.1) is 0 Å². The SMILES string of the molecule is CCOC(=O)CC(c1ccc(F)cc1)C1CCN(C(=O)c2ccc(N3CCCC3)c([N+](=O)[O-])c2)CC1. The van der Waals surface area contributed by atoms with Crippen molar-refractivity contribution in [3.63, 3.8) is 0 Å². The quantitative estimate of drug-likeness (QED) is 0.292. The summed E-state index contributed by atoms with van der Waals surface area (Å²) in [5.41, 5.74) is 1.71. The molecule has 0 saturated carbocycles. The van der Waals surface area contributed by atoms with Crippen molar-refractivity contribution in [2.45, 2.75) is 44.9 Å². The lowest BCUT2D eigenvalue weighted by Gasteiger charge is -2.36. The van der Waals surface area contributed by atoms with E-state index in [-0.39, 0.29) is 41.6 Å². The fourth-order valence-electron chi connectivity index (χ4n) is 5.38. The number of ether oxygens (including phenoxy) is 1. The number of halogens is 1. The predicted molar refractivity (Wildman–Crippen MR) is 134 cm³/mol. The van der Waals surface area contributed by atoms with Crippen LogP contribution >= 0.6 is 0 Å². The summed E-state index contributed by atoms with van der Waals surface area (Å²) in [5, 5.41) is 11.7. The summed E-state index contributed by atoms with van der Waals surface area (Å²) in [7, 11) is 0. The number of carbonyl (C=O) groups excluding carboxylic acids is 2. The molecule has 2 aromatic carbocycles. The van der Waals surface area contributed by atoms with E-state index < -0.39 is 4.92 Å². The van der Waals surface area contributed by atoms with Gasteiger partial charge in [-0.1, -0.05) is 12.1 Å². The number of rotatable bonds is 8. The van der Waals surface area contributed by atoms with Crippen molar-refractivity contribution < 1.29 is 23.6 Å². The number of nitrogens with zero attached hydrogens (tertiary/aromatic N) is 3. The summed E-state index contributed by atoms with van der Waals surface area (Å²) in [6.45, 7) is 4.57. The standard InChI is InChI=1S/C27H32FN3O5/c1-2-36-26(32)18-23(19-5-8-22(28)9-6-19)20-11-15-30(16-12-20)27(33)21-7-10-24(25(17-21)31(34)35)29-13-3-4-14-29/h5-10,17,20,23H,2-4,11-16,18H2,1H3. The van der Waals surface area contributed by atoms with Gasteiger partial charge in [0.1, 0.15) is 11.5 Å². The molecule has 4 rings (SSSR count). The Hall–Kier alpha value is -3.49. The summed E-state index contributed by atoms with van der Waals surface area (Å²) in [5.74, 6) is -0.874. The fourth-order valence-corrected chi connectivity index (χ4v) is 5.38. The van der Waals surface area contributed by atoms with Crippen LogP contribution in [0.3, 0.4) is 0 Å². The van der Waals surface area contributed by atoms with E-state index in [1.54, 1.807) is 36.1 Å². The van der Waals surface area contributed by atoms with E-state index >= 15 is 0 Å². The fraction of sp³-hybridized carbons (Fsp3) is 0.481. The first-order chi connectivity index (χ1) is 17.4. The van der Waals surface area contributed by atoms with Gasteiger partial charge >= 0.3 is 5.97 Å². The average Bonchev–Trinajstić information content (AvgIpc) is 3.42. The van der Waals surface area contributed by atoms with E-state index in [4.69, 9.17) is 4.74 Å². The molecule has 2 saturated heterocycles. The zero-order valence-electron chi connectivity index (χ0n) is 20.5. The lowest BCUT2D eigenvalue weighted by atomic mass is 9.78. The summed E-state index contributed by atoms with van der Waals surface area (Å²) in [6, 6.07) is 11.0. The molecule has 0 N–H and O–H groups in total. The maximum Gasteiger partial charge on any atom is 0.306 e. The number of benzene rings is 2. The number of nitro benzene ring substituents is 1. The molecule has 1 amide bonds. The highest BCUT2D eigenvalue weighted by molar-refractivity contribution is 5.96. The van der Waals surface area contributed by atoms with Crippen molar-refractivity contribution >= 4 is 23.3 Å². The van der Waals surface area contributed by atoms with Crippen LogP contribution in [-0.4, -0.2) is 54.5 Å². The smallest absolute Gasteiger partial charge is 0.306 e. The van der Waals surface area contributed by atoms with Crippen molar-refractivity contribution in [2.75, 3.05) is 37.7 Å². The molecule has 0 radical (unpaired) electrons. The van der Waals surface area contributed by atoms with Gasteiger partial charge in [0.15, 0.2) is 0 Å². The Kier molecular flexibility index (Phi) is 8.18. The van der Waals surface area contributed by atoms with Gasteiger partial charge in [-0.25, -0.2) is 4.39 Å². The number of piperidine rings is 1. The highest BCUT2D eigenvalue weighted by Gasteiger charge is 2.32. The molecule has 0 bridgehead atoms. The van der Waals surface area contributed by atoms with Gasteiger partial charge in [0.25, 0.3) is 11.6 Å². The molecule has 1 unspecified atom stereocenters. The normalized spacial score (nSPS) is 17.2. The molecule has 2 aromatic rings. The van der Waals surface area contributed by atoms with Gasteiger partial charge in [-0.05, 0) is 74.3 Å². The number of anilines is 1. The van der Waals surface area contributed by atoms with E-state index in [1.807, 2.05) is 4.90 Å². The lowest BCUT2D eigenvalue weighted by Crippen LogP contribution is -2.40. The highest BCUT2D eigenvalue weighted by atomic mass is 19.1. The molecule has 192 valence electrons. The molecular formula is C27H32FN3O5. The van der Waals surface area contributed by atoms with Crippen LogP contribution in [-0.2, 0) is 9.53 Å². The van der Waals surface area contributed by atoms with Crippen LogP contribution in [0.5, 0.6) is 0 Å². The zero-order valence-corrected chi connectivity index (χ0v) is 20.5. The summed E-state index contributed by atoms with van der Waals surface area (Å²) in [4.78, 5) is 40.5. The molecule has 0 aliphatic carbocycles. The second kappa shape index (κ2) is 11.5. The molecule has 2 aliphatic heterocycles. The van der Waals surface area contributed by atoms with E-state index in [2.05, 4.69) is 0 Å². The third-order valence-corrected chi connectivity index (χ3v) is 7.25. The van der Waals surface area contributed by atoms with Crippen LogP contribution in [0.2, 0.25) is 0 Å². The van der Waals surface area contributed by atoms with E-state index in [9.17, 15) is 24.1 Å². The number of amides is 1. The predicted octanol–water partition coefficient (Wildman–Crippen LogP) is 4.92. The number of carbonyl (C=O) groups is 2. The second-order valence-electron chi connectivity index (χ2n) is 9.45. The van der Waals surface area contributed by atoms with Crippen LogP contribution < -0.4 is 4.90 Å². The van der Waals surface area contributed by atoms with E-state index in [1.165, 1.54) is 18.2 Å². The van der Waals surface area contributed by atoms with Crippen LogP contribution in [0, 0.1) is 21.8 Å². The number of nitro groups is 1. The first-order valence-electron chi connectivity index (χ1n) is 12.6. The van der Waals surface area contributed by atoms with Crippen molar-refractivity contribution in [2.24, 2.45) is 5.92 Å². The zero-order chi connectivity index (χ0) is 25.7. The molecule has 2 aliphatic rings. The van der Waals surface area contributed by atoms with Crippen LogP contribution in [0.4, 0.5) is 15.8 Å². The van der Waals surface area contributed by atoms with Crippen LogP contribution in [0.1, 0.15) is 60.9 Å². The Morgan fingerprint density at radius 1 is 1.08 bits per heavy atom. The maximum atomic E-state index is 13.5. The highest BCUT2D eigenvalue weighted by Crippen LogP contribution is 2.37. The Labute approximate surface area is 210 Å². The number of hydrogen-bond acceptors (Lipinski definition) is 6. The largest absolute Gasteiger partial charge is 0.466 e. The Balaban J connectivity index is 1.46.